The molecule has 0 saturated carbocycles. The standard InChI is InChI=1S/C18H24ClN3OS2/c1-2-21(13-14-7-8-17(19)25-14)18(23)20-12-15(16-6-5-11-24-16)22-9-3-4-10-22/h5-8,11,15H,2-4,9-10,12-13H2,1H3,(H,20,23). The fraction of sp³-hybridized carbons (Fsp3) is 0.500. The Labute approximate surface area is 162 Å². The van der Waals surface area contributed by atoms with Crippen LogP contribution in [0.15, 0.2) is 29.6 Å². The van der Waals surface area contributed by atoms with Crippen molar-refractivity contribution >= 4 is 40.3 Å². The van der Waals surface area contributed by atoms with Gasteiger partial charge >= 0.3 is 6.03 Å². The van der Waals surface area contributed by atoms with Crippen molar-refractivity contribution in [3.05, 3.63) is 43.7 Å². The summed E-state index contributed by atoms with van der Waals surface area (Å²) in [5, 5.41) is 5.26. The van der Waals surface area contributed by atoms with E-state index in [-0.39, 0.29) is 12.1 Å². The van der Waals surface area contributed by atoms with Crippen molar-refractivity contribution in [2.24, 2.45) is 0 Å². The number of urea groups is 1. The molecule has 2 amide bonds. The van der Waals surface area contributed by atoms with Gasteiger partial charge in [0, 0.05) is 22.8 Å². The van der Waals surface area contributed by atoms with Crippen LogP contribution in [-0.4, -0.2) is 42.0 Å². The van der Waals surface area contributed by atoms with Crippen molar-refractivity contribution in [2.75, 3.05) is 26.2 Å². The van der Waals surface area contributed by atoms with Crippen molar-refractivity contribution in [1.82, 2.24) is 15.1 Å². The molecule has 7 heteroatoms. The van der Waals surface area contributed by atoms with Crippen molar-refractivity contribution in [3.8, 4) is 0 Å². The summed E-state index contributed by atoms with van der Waals surface area (Å²) in [5.74, 6) is 0. The minimum Gasteiger partial charge on any atom is -0.336 e. The maximum Gasteiger partial charge on any atom is 0.317 e. The average Bonchev–Trinajstić information content (AvgIpc) is 3.36. The third kappa shape index (κ3) is 4.97. The van der Waals surface area contributed by atoms with Gasteiger partial charge < -0.3 is 10.2 Å². The van der Waals surface area contributed by atoms with Crippen LogP contribution in [0.5, 0.6) is 0 Å². The van der Waals surface area contributed by atoms with E-state index in [1.807, 2.05) is 24.0 Å². The molecule has 1 saturated heterocycles. The van der Waals surface area contributed by atoms with Crippen LogP contribution in [0.25, 0.3) is 0 Å². The summed E-state index contributed by atoms with van der Waals surface area (Å²) in [6.45, 7) is 6.17. The summed E-state index contributed by atoms with van der Waals surface area (Å²) in [7, 11) is 0. The highest BCUT2D eigenvalue weighted by atomic mass is 35.5. The minimum atomic E-state index is -0.00669. The molecule has 2 aromatic rings. The molecule has 1 aliphatic rings. The second kappa shape index (κ2) is 9.03. The molecular weight excluding hydrogens is 374 g/mol. The van der Waals surface area contributed by atoms with Gasteiger partial charge in [0.05, 0.1) is 16.9 Å². The van der Waals surface area contributed by atoms with Crippen molar-refractivity contribution in [1.29, 1.82) is 0 Å². The summed E-state index contributed by atoms with van der Waals surface area (Å²) in [6, 6.07) is 8.40. The SMILES string of the molecule is CCN(Cc1ccc(Cl)s1)C(=O)NCC(c1cccs1)N1CCCC1. The summed E-state index contributed by atoms with van der Waals surface area (Å²) < 4.78 is 0.762. The summed E-state index contributed by atoms with van der Waals surface area (Å²) in [6.07, 6.45) is 2.49. The molecule has 1 N–H and O–H groups in total. The Kier molecular flexibility index (Phi) is 6.76. The fourth-order valence-corrected chi connectivity index (χ4v) is 5.16. The van der Waals surface area contributed by atoms with E-state index < -0.39 is 0 Å². The predicted molar refractivity (Wildman–Crippen MR) is 107 cm³/mol. The van der Waals surface area contributed by atoms with Crippen molar-refractivity contribution in [3.63, 3.8) is 0 Å². The first-order valence-electron chi connectivity index (χ1n) is 8.72. The Bertz CT molecular complexity index is 668. The molecule has 3 heterocycles. The van der Waals surface area contributed by atoms with Crippen molar-refractivity contribution in [2.45, 2.75) is 32.4 Å². The molecule has 4 nitrogen and oxygen atoms in total. The molecule has 0 aromatic carbocycles. The van der Waals surface area contributed by atoms with E-state index in [4.69, 9.17) is 11.6 Å². The lowest BCUT2D eigenvalue weighted by atomic mass is 10.2. The number of rotatable bonds is 7. The third-order valence-corrected chi connectivity index (χ3v) is 6.73. The lowest BCUT2D eigenvalue weighted by Gasteiger charge is -2.28. The Morgan fingerprint density at radius 2 is 2.16 bits per heavy atom. The van der Waals surface area contributed by atoms with Gasteiger partial charge in [-0.05, 0) is 56.4 Å². The van der Waals surface area contributed by atoms with Crippen molar-refractivity contribution < 1.29 is 4.79 Å². The molecule has 25 heavy (non-hydrogen) atoms. The van der Waals surface area contributed by atoms with Gasteiger partial charge in [0.2, 0.25) is 0 Å². The molecule has 0 spiro atoms. The van der Waals surface area contributed by atoms with E-state index in [0.717, 1.165) is 22.3 Å². The van der Waals surface area contributed by atoms with Gasteiger partial charge in [0.15, 0.2) is 0 Å². The van der Waals surface area contributed by atoms with Crippen LogP contribution in [0.2, 0.25) is 4.34 Å². The average molecular weight is 398 g/mol. The molecule has 0 aliphatic carbocycles. The van der Waals surface area contributed by atoms with Crippen LogP contribution in [-0.2, 0) is 6.54 Å². The number of amides is 2. The van der Waals surface area contributed by atoms with E-state index in [0.29, 0.717) is 19.6 Å². The first-order chi connectivity index (χ1) is 12.2. The zero-order valence-electron chi connectivity index (χ0n) is 14.4. The Balaban J connectivity index is 1.59. The number of nitrogens with one attached hydrogen (secondary N) is 1. The maximum atomic E-state index is 12.6. The van der Waals surface area contributed by atoms with Crippen LogP contribution < -0.4 is 5.32 Å². The number of thiophene rings is 2. The van der Waals surface area contributed by atoms with E-state index in [1.54, 1.807) is 11.3 Å². The summed E-state index contributed by atoms with van der Waals surface area (Å²) in [5.41, 5.74) is 0. The number of halogens is 1. The van der Waals surface area contributed by atoms with E-state index >= 15 is 0 Å². The highest BCUT2D eigenvalue weighted by Gasteiger charge is 2.25. The number of carbonyl (C=O) groups is 1. The number of likely N-dealkylation sites (tertiary alicyclic amines) is 1. The molecule has 1 aliphatic heterocycles. The molecule has 136 valence electrons. The smallest absolute Gasteiger partial charge is 0.317 e. The lowest BCUT2D eigenvalue weighted by Crippen LogP contribution is -2.43. The zero-order chi connectivity index (χ0) is 17.6. The lowest BCUT2D eigenvalue weighted by molar-refractivity contribution is 0.189. The Morgan fingerprint density at radius 1 is 1.36 bits per heavy atom. The first-order valence-corrected chi connectivity index (χ1v) is 10.8. The molecule has 2 aromatic heterocycles. The monoisotopic (exact) mass is 397 g/mol. The number of hydrogen-bond donors (Lipinski definition) is 1. The zero-order valence-corrected chi connectivity index (χ0v) is 16.8. The van der Waals surface area contributed by atoms with Gasteiger partial charge in [-0.2, -0.15) is 0 Å². The van der Waals surface area contributed by atoms with Gasteiger partial charge in [-0.3, -0.25) is 4.90 Å². The van der Waals surface area contributed by atoms with Gasteiger partial charge in [0.25, 0.3) is 0 Å². The van der Waals surface area contributed by atoms with Gasteiger partial charge in [-0.15, -0.1) is 22.7 Å². The normalized spacial score (nSPS) is 16.1. The second-order valence-electron chi connectivity index (χ2n) is 6.18. The summed E-state index contributed by atoms with van der Waals surface area (Å²) in [4.78, 5) is 19.4. The van der Waals surface area contributed by atoms with Crippen LogP contribution >= 0.6 is 34.3 Å². The van der Waals surface area contributed by atoms with Crippen LogP contribution in [0.3, 0.4) is 0 Å². The number of hydrogen-bond acceptors (Lipinski definition) is 4. The first kappa shape index (κ1) is 18.7. The molecule has 1 fully saturated rings. The predicted octanol–water partition coefficient (Wildman–Crippen LogP) is 4.83. The van der Waals surface area contributed by atoms with Crippen LogP contribution in [0.4, 0.5) is 4.79 Å². The molecule has 0 bridgehead atoms. The van der Waals surface area contributed by atoms with E-state index in [1.165, 1.54) is 29.1 Å². The molecule has 3 rings (SSSR count). The highest BCUT2D eigenvalue weighted by Crippen LogP contribution is 2.28. The molecule has 0 radical (unpaired) electrons. The maximum absolute atomic E-state index is 12.6. The van der Waals surface area contributed by atoms with E-state index in [9.17, 15) is 4.79 Å². The Morgan fingerprint density at radius 3 is 2.76 bits per heavy atom. The number of nitrogens with zero attached hydrogens (tertiary/aromatic N) is 2. The van der Waals surface area contributed by atoms with Gasteiger partial charge in [0.1, 0.15) is 0 Å². The van der Waals surface area contributed by atoms with Gasteiger partial charge in [-0.1, -0.05) is 17.7 Å². The second-order valence-corrected chi connectivity index (χ2v) is 8.96. The fourth-order valence-electron chi connectivity index (χ4n) is 3.19. The quantitative estimate of drug-likeness (QED) is 0.726. The summed E-state index contributed by atoms with van der Waals surface area (Å²) >= 11 is 9.29. The number of carbonyl (C=O) groups excluding carboxylic acids is 1. The molecular formula is C18H24ClN3OS2. The molecule has 1 unspecified atom stereocenters. The van der Waals surface area contributed by atoms with E-state index in [2.05, 4.69) is 27.7 Å². The molecule has 1 atom stereocenters. The Hall–Kier alpha value is -1.08. The third-order valence-electron chi connectivity index (χ3n) is 4.54. The topological polar surface area (TPSA) is 35.6 Å². The van der Waals surface area contributed by atoms with Crippen LogP contribution in [0.1, 0.15) is 35.6 Å². The van der Waals surface area contributed by atoms with Gasteiger partial charge in [-0.25, -0.2) is 4.79 Å². The van der Waals surface area contributed by atoms with Crippen LogP contribution in [0, 0.1) is 0 Å². The highest BCUT2D eigenvalue weighted by molar-refractivity contribution is 7.16. The largest absolute Gasteiger partial charge is 0.336 e. The minimum absolute atomic E-state index is 0.00669.